The van der Waals surface area contributed by atoms with Crippen molar-refractivity contribution < 1.29 is 44.7 Å². The topological polar surface area (TPSA) is 99.6 Å². The maximum absolute atomic E-state index is 12.7. The third kappa shape index (κ3) is 7.23. The van der Waals surface area contributed by atoms with Crippen LogP contribution in [-0.2, 0) is 21.0 Å². The molecule has 4 rings (SSSR count). The third-order valence-electron chi connectivity index (χ3n) is 5.27. The Kier molecular flexibility index (Phi) is 8.24. The lowest BCUT2D eigenvalue weighted by atomic mass is 10.2. The summed E-state index contributed by atoms with van der Waals surface area (Å²) in [7, 11) is -3.93. The second-order valence-electron chi connectivity index (χ2n) is 7.87. The molecule has 1 aromatic heterocycles. The van der Waals surface area contributed by atoms with Gasteiger partial charge in [0.2, 0.25) is 10.0 Å². The minimum Gasteiger partial charge on any atom is -0.475 e. The standard InChI is InChI=1S/C20H17ClF3N3O2S.C2HF3O2/c21-14-3-6-17-18(11-14)25-9-7-19(17)27-10-8-15(12-27)26-30(28,29)16-4-1-13(2-5-16)20(22,23)24;3-2(4,5)1(6)7/h1-7,9,11,15,26H,8,10,12H2;(H,6,7). The lowest BCUT2D eigenvalue weighted by molar-refractivity contribution is -0.192. The van der Waals surface area contributed by atoms with Gasteiger partial charge in [-0.2, -0.15) is 26.3 Å². The highest BCUT2D eigenvalue weighted by atomic mass is 35.5. The number of halogens is 7. The molecule has 3 aromatic rings. The molecule has 1 aliphatic heterocycles. The second kappa shape index (κ2) is 10.7. The first-order valence-corrected chi connectivity index (χ1v) is 12.2. The molecule has 1 atom stereocenters. The number of aliphatic carboxylic acids is 1. The molecule has 0 saturated carbocycles. The molecule has 2 aromatic carbocycles. The fourth-order valence-corrected chi connectivity index (χ4v) is 5.00. The number of alkyl halides is 6. The summed E-state index contributed by atoms with van der Waals surface area (Å²) in [6, 6.07) is 10.4. The van der Waals surface area contributed by atoms with E-state index in [-0.39, 0.29) is 10.9 Å². The molecule has 0 radical (unpaired) electrons. The Bertz CT molecular complexity index is 1380. The van der Waals surface area contributed by atoms with Gasteiger partial charge in [-0.05, 0) is 55.0 Å². The van der Waals surface area contributed by atoms with Crippen LogP contribution in [0.5, 0.6) is 0 Å². The monoisotopic (exact) mass is 569 g/mol. The largest absolute Gasteiger partial charge is 0.490 e. The lowest BCUT2D eigenvalue weighted by Gasteiger charge is -2.21. The number of carboxylic acid groups (broad SMARTS) is 1. The van der Waals surface area contributed by atoms with E-state index in [1.165, 1.54) is 0 Å². The summed E-state index contributed by atoms with van der Waals surface area (Å²) in [5.41, 5.74) is 0.778. The second-order valence-corrected chi connectivity index (χ2v) is 10.0. The quantitative estimate of drug-likeness (QED) is 0.424. The summed E-state index contributed by atoms with van der Waals surface area (Å²) in [5.74, 6) is -2.76. The maximum atomic E-state index is 12.7. The number of anilines is 1. The average molecular weight is 570 g/mol. The van der Waals surface area contributed by atoms with Gasteiger partial charge in [-0.3, -0.25) is 4.98 Å². The molecule has 7 nitrogen and oxygen atoms in total. The molecule has 200 valence electrons. The van der Waals surface area contributed by atoms with Crippen LogP contribution in [0.1, 0.15) is 12.0 Å². The van der Waals surface area contributed by atoms with Gasteiger partial charge in [0, 0.05) is 41.4 Å². The number of nitrogens with zero attached hydrogens (tertiary/aromatic N) is 2. The highest BCUT2D eigenvalue weighted by molar-refractivity contribution is 7.89. The van der Waals surface area contributed by atoms with Gasteiger partial charge in [0.15, 0.2) is 0 Å². The Balaban J connectivity index is 0.000000479. The molecule has 15 heteroatoms. The molecule has 1 unspecified atom stereocenters. The number of hydrogen-bond acceptors (Lipinski definition) is 5. The van der Waals surface area contributed by atoms with Gasteiger partial charge in [0.25, 0.3) is 0 Å². The van der Waals surface area contributed by atoms with Gasteiger partial charge < -0.3 is 10.0 Å². The van der Waals surface area contributed by atoms with Gasteiger partial charge in [0.05, 0.1) is 16.0 Å². The number of fused-ring (bicyclic) bond motifs is 1. The van der Waals surface area contributed by atoms with Crippen LogP contribution in [-0.4, -0.2) is 49.8 Å². The molecule has 1 saturated heterocycles. The number of aromatic nitrogens is 1. The number of sulfonamides is 1. The van der Waals surface area contributed by atoms with Crippen LogP contribution >= 0.6 is 11.6 Å². The molecule has 0 spiro atoms. The van der Waals surface area contributed by atoms with E-state index in [0.717, 1.165) is 40.9 Å². The molecular weight excluding hydrogens is 552 g/mol. The predicted octanol–water partition coefficient (Wildman–Crippen LogP) is 5.10. The van der Waals surface area contributed by atoms with Crippen molar-refractivity contribution in [2.24, 2.45) is 0 Å². The molecule has 0 bridgehead atoms. The van der Waals surface area contributed by atoms with Crippen molar-refractivity contribution >= 4 is 44.2 Å². The Morgan fingerprint density at radius 1 is 1.05 bits per heavy atom. The third-order valence-corrected chi connectivity index (χ3v) is 7.04. The van der Waals surface area contributed by atoms with Crippen molar-refractivity contribution in [3.05, 3.63) is 65.3 Å². The van der Waals surface area contributed by atoms with Crippen LogP contribution in [0.4, 0.5) is 32.0 Å². The van der Waals surface area contributed by atoms with Crippen LogP contribution in [0.3, 0.4) is 0 Å². The maximum Gasteiger partial charge on any atom is 0.490 e. The van der Waals surface area contributed by atoms with Gasteiger partial charge in [-0.25, -0.2) is 17.9 Å². The number of carboxylic acids is 1. The number of carbonyl (C=O) groups is 1. The van der Waals surface area contributed by atoms with E-state index < -0.39 is 33.9 Å². The summed E-state index contributed by atoms with van der Waals surface area (Å²) >= 11 is 6.03. The minimum atomic E-state index is -5.08. The molecule has 1 fully saturated rings. The Hall–Kier alpha value is -3.10. The number of rotatable bonds is 4. The van der Waals surface area contributed by atoms with E-state index in [9.17, 15) is 34.8 Å². The van der Waals surface area contributed by atoms with Crippen LogP contribution in [0.15, 0.2) is 59.6 Å². The summed E-state index contributed by atoms with van der Waals surface area (Å²) in [6.45, 7) is 1.06. The average Bonchev–Trinajstić information content (AvgIpc) is 3.25. The van der Waals surface area contributed by atoms with Gasteiger partial charge in [-0.15, -0.1) is 0 Å². The van der Waals surface area contributed by atoms with Crippen LogP contribution < -0.4 is 9.62 Å². The van der Waals surface area contributed by atoms with Crippen LogP contribution in [0.2, 0.25) is 5.02 Å². The van der Waals surface area contributed by atoms with Crippen molar-refractivity contribution in [1.29, 1.82) is 0 Å². The lowest BCUT2D eigenvalue weighted by Crippen LogP contribution is -2.37. The van der Waals surface area contributed by atoms with Crippen LogP contribution in [0.25, 0.3) is 10.9 Å². The SMILES string of the molecule is O=C(O)C(F)(F)F.O=S(=O)(NC1CCN(c2ccnc3cc(Cl)ccc23)C1)c1ccc(C(F)(F)F)cc1. The number of benzene rings is 2. The normalized spacial score (nSPS) is 16.4. The van der Waals surface area contributed by atoms with Gasteiger partial charge in [0.1, 0.15) is 0 Å². The van der Waals surface area contributed by atoms with Crippen molar-refractivity contribution in [2.45, 2.75) is 29.7 Å². The molecule has 2 heterocycles. The number of nitrogens with one attached hydrogen (secondary N) is 1. The fourth-order valence-electron chi connectivity index (χ4n) is 3.57. The first-order chi connectivity index (χ1) is 17.1. The molecular formula is C22H18ClF6N3O4S. The minimum absolute atomic E-state index is 0.196. The number of hydrogen-bond donors (Lipinski definition) is 2. The smallest absolute Gasteiger partial charge is 0.475 e. The molecule has 0 aliphatic carbocycles. The first kappa shape index (κ1) is 28.5. The van der Waals surface area contributed by atoms with Crippen molar-refractivity contribution in [1.82, 2.24) is 9.71 Å². The van der Waals surface area contributed by atoms with Gasteiger partial charge >= 0.3 is 18.3 Å². The molecule has 2 N–H and O–H groups in total. The zero-order valence-corrected chi connectivity index (χ0v) is 20.1. The van der Waals surface area contributed by atoms with E-state index in [0.29, 0.717) is 24.5 Å². The van der Waals surface area contributed by atoms with E-state index >= 15 is 0 Å². The summed E-state index contributed by atoms with van der Waals surface area (Å²) < 4.78 is 97.6. The fraction of sp³-hybridized carbons (Fsp3) is 0.273. The van der Waals surface area contributed by atoms with E-state index in [2.05, 4.69) is 14.6 Å². The Morgan fingerprint density at radius 2 is 1.68 bits per heavy atom. The van der Waals surface area contributed by atoms with Crippen molar-refractivity contribution in [3.63, 3.8) is 0 Å². The summed E-state index contributed by atoms with van der Waals surface area (Å²) in [4.78, 5) is 15.1. The van der Waals surface area contributed by atoms with Gasteiger partial charge in [-0.1, -0.05) is 11.6 Å². The zero-order valence-electron chi connectivity index (χ0n) is 18.5. The first-order valence-electron chi connectivity index (χ1n) is 10.4. The van der Waals surface area contributed by atoms with Crippen molar-refractivity contribution in [3.8, 4) is 0 Å². The molecule has 37 heavy (non-hydrogen) atoms. The summed E-state index contributed by atoms with van der Waals surface area (Å²) in [6.07, 6.45) is -7.36. The Morgan fingerprint density at radius 3 is 2.24 bits per heavy atom. The van der Waals surface area contributed by atoms with E-state index in [1.54, 1.807) is 18.3 Å². The number of pyridine rings is 1. The zero-order chi connectivity index (χ0) is 27.6. The predicted molar refractivity (Wildman–Crippen MR) is 123 cm³/mol. The summed E-state index contributed by atoms with van der Waals surface area (Å²) in [5, 5.41) is 8.61. The van der Waals surface area contributed by atoms with Crippen molar-refractivity contribution in [2.75, 3.05) is 18.0 Å². The highest BCUT2D eigenvalue weighted by Crippen LogP contribution is 2.31. The molecule has 0 amide bonds. The Labute approximate surface area is 211 Å². The molecule has 1 aliphatic rings. The van der Waals surface area contributed by atoms with E-state index in [4.69, 9.17) is 21.5 Å². The highest BCUT2D eigenvalue weighted by Gasteiger charge is 2.38. The van der Waals surface area contributed by atoms with E-state index in [1.807, 2.05) is 12.1 Å². The van der Waals surface area contributed by atoms with Crippen LogP contribution in [0, 0.1) is 0 Å².